The molecule has 3 atom stereocenters. The minimum Gasteiger partial charge on any atom is -0.345 e. The van der Waals surface area contributed by atoms with Gasteiger partial charge in [-0.15, -0.1) is 0 Å². The van der Waals surface area contributed by atoms with Crippen molar-refractivity contribution in [2.24, 2.45) is 18.9 Å². The first-order chi connectivity index (χ1) is 17.4. The Morgan fingerprint density at radius 3 is 2.41 bits per heavy atom. The van der Waals surface area contributed by atoms with Crippen LogP contribution in [0.2, 0.25) is 0 Å². The molecule has 37 heavy (non-hydrogen) atoms. The minimum atomic E-state index is -1.16. The number of amides is 2. The molecule has 0 radical (unpaired) electrons. The lowest BCUT2D eigenvalue weighted by molar-refractivity contribution is -0.141. The van der Waals surface area contributed by atoms with Gasteiger partial charge in [0.15, 0.2) is 5.78 Å². The summed E-state index contributed by atoms with van der Waals surface area (Å²) in [5.74, 6) is -3.49. The maximum atomic E-state index is 13.5. The average molecular weight is 509 g/mol. The largest absolute Gasteiger partial charge is 0.345 e. The van der Waals surface area contributed by atoms with Gasteiger partial charge in [0.25, 0.3) is 5.91 Å². The van der Waals surface area contributed by atoms with E-state index in [1.54, 1.807) is 34.0 Å². The standard InChI is InChI=1S/C28H36N4O5/c1-28(2,3)31-27(37)25(35)22(14-19-11-8-12-23(19)33)30-26(36)20(13-18-9-6-5-7-10-18)15-24(34)21-16-29-32(4)17-21/h5-7,9-10,16-17,19-20,22H,8,11-15H2,1-4H3,(H,30,36)(H,31,37)/t19-,20+,22-/m0/s1. The summed E-state index contributed by atoms with van der Waals surface area (Å²) in [7, 11) is 1.70. The van der Waals surface area contributed by atoms with Crippen molar-refractivity contribution in [3.63, 3.8) is 0 Å². The number of carbonyl (C=O) groups excluding carboxylic acids is 5. The molecule has 2 N–H and O–H groups in total. The minimum absolute atomic E-state index is 0.0378. The number of aryl methyl sites for hydroxylation is 1. The second-order valence-corrected chi connectivity index (χ2v) is 10.8. The van der Waals surface area contributed by atoms with E-state index in [9.17, 15) is 24.0 Å². The topological polar surface area (TPSA) is 127 Å². The van der Waals surface area contributed by atoms with Gasteiger partial charge in [-0.1, -0.05) is 30.3 Å². The fourth-order valence-corrected chi connectivity index (χ4v) is 4.57. The zero-order chi connectivity index (χ0) is 27.2. The van der Waals surface area contributed by atoms with E-state index in [1.165, 1.54) is 10.9 Å². The van der Waals surface area contributed by atoms with Crippen LogP contribution in [0.25, 0.3) is 0 Å². The Labute approximate surface area is 217 Å². The number of ketones is 3. The van der Waals surface area contributed by atoms with E-state index in [-0.39, 0.29) is 36.7 Å². The van der Waals surface area contributed by atoms with Crippen molar-refractivity contribution in [2.75, 3.05) is 0 Å². The van der Waals surface area contributed by atoms with Crippen LogP contribution in [0.15, 0.2) is 42.7 Å². The summed E-state index contributed by atoms with van der Waals surface area (Å²) in [6.45, 7) is 5.27. The van der Waals surface area contributed by atoms with Crippen molar-refractivity contribution in [2.45, 2.75) is 70.9 Å². The van der Waals surface area contributed by atoms with Crippen LogP contribution in [0.1, 0.15) is 68.8 Å². The van der Waals surface area contributed by atoms with Gasteiger partial charge in [-0.25, -0.2) is 0 Å². The van der Waals surface area contributed by atoms with Crippen LogP contribution in [0.5, 0.6) is 0 Å². The van der Waals surface area contributed by atoms with E-state index in [1.807, 2.05) is 30.3 Å². The van der Waals surface area contributed by atoms with Crippen molar-refractivity contribution in [3.05, 3.63) is 53.9 Å². The molecule has 0 bridgehead atoms. The molecule has 2 aromatic rings. The summed E-state index contributed by atoms with van der Waals surface area (Å²) in [6.07, 6.45) is 5.07. The SMILES string of the molecule is Cn1cc(C(=O)C[C@@H](Cc2ccccc2)C(=O)N[C@@H](C[C@@H]2CCCC2=O)C(=O)C(=O)NC(C)(C)C)cn1. The third-order valence-corrected chi connectivity index (χ3v) is 6.45. The Bertz CT molecular complexity index is 1150. The lowest BCUT2D eigenvalue weighted by Crippen LogP contribution is -2.53. The average Bonchev–Trinajstić information content (AvgIpc) is 3.45. The molecule has 0 spiro atoms. The third kappa shape index (κ3) is 8.20. The Balaban J connectivity index is 1.83. The number of hydrogen-bond donors (Lipinski definition) is 2. The number of aromatic nitrogens is 2. The van der Waals surface area contributed by atoms with Crippen LogP contribution in [0.3, 0.4) is 0 Å². The normalized spacial score (nSPS) is 17.2. The molecule has 9 heteroatoms. The molecule has 1 aliphatic carbocycles. The summed E-state index contributed by atoms with van der Waals surface area (Å²) in [5, 5.41) is 9.42. The monoisotopic (exact) mass is 508 g/mol. The van der Waals surface area contributed by atoms with E-state index in [0.29, 0.717) is 18.4 Å². The second-order valence-electron chi connectivity index (χ2n) is 10.8. The molecule has 198 valence electrons. The van der Waals surface area contributed by atoms with E-state index in [0.717, 1.165) is 12.0 Å². The van der Waals surface area contributed by atoms with Gasteiger partial charge < -0.3 is 10.6 Å². The third-order valence-electron chi connectivity index (χ3n) is 6.45. The highest BCUT2D eigenvalue weighted by molar-refractivity contribution is 6.38. The molecule has 0 saturated heterocycles. The summed E-state index contributed by atoms with van der Waals surface area (Å²) in [5.41, 5.74) is 0.610. The molecule has 1 aromatic carbocycles. The van der Waals surface area contributed by atoms with Crippen molar-refractivity contribution in [1.82, 2.24) is 20.4 Å². The van der Waals surface area contributed by atoms with Gasteiger partial charge in [-0.05, 0) is 52.0 Å². The summed E-state index contributed by atoms with van der Waals surface area (Å²) < 4.78 is 1.51. The first-order valence-electron chi connectivity index (χ1n) is 12.7. The number of hydrogen-bond acceptors (Lipinski definition) is 6. The fourth-order valence-electron chi connectivity index (χ4n) is 4.57. The van der Waals surface area contributed by atoms with Gasteiger partial charge >= 0.3 is 0 Å². The van der Waals surface area contributed by atoms with E-state index >= 15 is 0 Å². The summed E-state index contributed by atoms with van der Waals surface area (Å²) in [4.78, 5) is 64.7. The number of benzene rings is 1. The zero-order valence-electron chi connectivity index (χ0n) is 22.0. The lowest BCUT2D eigenvalue weighted by atomic mass is 9.90. The van der Waals surface area contributed by atoms with Crippen LogP contribution in [-0.2, 0) is 32.6 Å². The highest BCUT2D eigenvalue weighted by Crippen LogP contribution is 2.26. The van der Waals surface area contributed by atoms with E-state index < -0.39 is 35.1 Å². The van der Waals surface area contributed by atoms with Gasteiger partial charge in [0.1, 0.15) is 5.78 Å². The maximum absolute atomic E-state index is 13.5. The maximum Gasteiger partial charge on any atom is 0.290 e. The van der Waals surface area contributed by atoms with Gasteiger partial charge in [-0.3, -0.25) is 28.7 Å². The highest BCUT2D eigenvalue weighted by Gasteiger charge is 2.36. The molecule has 1 aromatic heterocycles. The Morgan fingerprint density at radius 1 is 1.14 bits per heavy atom. The summed E-state index contributed by atoms with van der Waals surface area (Å²) >= 11 is 0. The number of carbonyl (C=O) groups is 5. The van der Waals surface area contributed by atoms with Gasteiger partial charge in [-0.2, -0.15) is 5.10 Å². The molecule has 1 aliphatic rings. The Hall–Kier alpha value is -3.62. The molecule has 0 aliphatic heterocycles. The van der Waals surface area contributed by atoms with Crippen molar-refractivity contribution in [3.8, 4) is 0 Å². The van der Waals surface area contributed by atoms with Gasteiger partial charge in [0, 0.05) is 43.5 Å². The highest BCUT2D eigenvalue weighted by atomic mass is 16.2. The number of rotatable bonds is 11. The predicted molar refractivity (Wildman–Crippen MR) is 138 cm³/mol. The molecular weight excluding hydrogens is 472 g/mol. The molecule has 1 heterocycles. The van der Waals surface area contributed by atoms with Crippen LogP contribution in [0, 0.1) is 11.8 Å². The number of nitrogens with zero attached hydrogens (tertiary/aromatic N) is 2. The number of Topliss-reactive ketones (excluding diaryl/α,β-unsaturated/α-hetero) is 3. The summed E-state index contributed by atoms with van der Waals surface area (Å²) in [6, 6.07) is 8.13. The van der Waals surface area contributed by atoms with E-state index in [4.69, 9.17) is 0 Å². The molecule has 9 nitrogen and oxygen atoms in total. The Kier molecular flexibility index (Phi) is 9.13. The van der Waals surface area contributed by atoms with Crippen LogP contribution in [-0.4, -0.2) is 50.5 Å². The van der Waals surface area contributed by atoms with Gasteiger partial charge in [0.05, 0.1) is 17.8 Å². The quantitative estimate of drug-likeness (QED) is 0.355. The number of nitrogens with one attached hydrogen (secondary N) is 2. The molecule has 0 unspecified atom stereocenters. The molecule has 3 rings (SSSR count). The molecular formula is C28H36N4O5. The predicted octanol–water partition coefficient (Wildman–Crippen LogP) is 2.58. The lowest BCUT2D eigenvalue weighted by Gasteiger charge is -2.25. The Morgan fingerprint density at radius 2 is 1.84 bits per heavy atom. The van der Waals surface area contributed by atoms with Crippen LogP contribution in [0.4, 0.5) is 0 Å². The first kappa shape index (κ1) is 28.0. The van der Waals surface area contributed by atoms with Gasteiger partial charge in [0.2, 0.25) is 11.7 Å². The fraction of sp³-hybridized carbons (Fsp3) is 0.500. The van der Waals surface area contributed by atoms with Crippen molar-refractivity contribution in [1.29, 1.82) is 0 Å². The molecule has 1 fully saturated rings. The van der Waals surface area contributed by atoms with E-state index in [2.05, 4.69) is 15.7 Å². The molecule has 1 saturated carbocycles. The zero-order valence-corrected chi connectivity index (χ0v) is 22.0. The van der Waals surface area contributed by atoms with Crippen molar-refractivity contribution < 1.29 is 24.0 Å². The smallest absolute Gasteiger partial charge is 0.290 e. The second kappa shape index (κ2) is 12.1. The van der Waals surface area contributed by atoms with Crippen LogP contribution >= 0.6 is 0 Å². The first-order valence-corrected chi connectivity index (χ1v) is 12.7. The van der Waals surface area contributed by atoms with Crippen LogP contribution < -0.4 is 10.6 Å². The van der Waals surface area contributed by atoms with Crippen molar-refractivity contribution >= 4 is 29.2 Å². The molecule has 2 amide bonds.